The molecule has 2 nitrogen and oxygen atoms in total. The second-order valence-corrected chi connectivity index (χ2v) is 4.00. The fraction of sp³-hybridized carbons (Fsp3) is 0.500. The Labute approximate surface area is 97.6 Å². The monoisotopic (exact) mass is 220 g/mol. The van der Waals surface area contributed by atoms with Crippen molar-refractivity contribution in [1.82, 2.24) is 0 Å². The van der Waals surface area contributed by atoms with Crippen LogP contribution in [0.1, 0.15) is 49.0 Å². The Morgan fingerprint density at radius 3 is 2.56 bits per heavy atom. The first kappa shape index (κ1) is 12.8. The van der Waals surface area contributed by atoms with E-state index in [0.29, 0.717) is 6.42 Å². The summed E-state index contributed by atoms with van der Waals surface area (Å²) in [7, 11) is 0. The van der Waals surface area contributed by atoms with Crippen molar-refractivity contribution in [3.63, 3.8) is 0 Å². The van der Waals surface area contributed by atoms with Crippen LogP contribution in [0.2, 0.25) is 0 Å². The molecule has 0 heterocycles. The summed E-state index contributed by atoms with van der Waals surface area (Å²) >= 11 is 0. The molecule has 0 aromatic heterocycles. The molecule has 0 spiro atoms. The van der Waals surface area contributed by atoms with Gasteiger partial charge in [0.05, 0.1) is 6.61 Å². The molecule has 0 saturated carbocycles. The number of ether oxygens (including phenoxy) is 1. The van der Waals surface area contributed by atoms with E-state index in [1.165, 1.54) is 0 Å². The molecular weight excluding hydrogens is 200 g/mol. The van der Waals surface area contributed by atoms with E-state index >= 15 is 0 Å². The van der Waals surface area contributed by atoms with Crippen molar-refractivity contribution in [2.24, 2.45) is 0 Å². The summed E-state index contributed by atoms with van der Waals surface area (Å²) in [4.78, 5) is 11.7. The number of carbonyl (C=O) groups is 1. The van der Waals surface area contributed by atoms with Gasteiger partial charge in [-0.3, -0.25) is 4.79 Å². The number of carbonyl (C=O) groups excluding carboxylic acids is 1. The van der Waals surface area contributed by atoms with Crippen LogP contribution in [0.4, 0.5) is 0 Å². The van der Waals surface area contributed by atoms with Crippen LogP contribution in [-0.2, 0) is 0 Å². The summed E-state index contributed by atoms with van der Waals surface area (Å²) in [6, 6.07) is 5.67. The van der Waals surface area contributed by atoms with Gasteiger partial charge in [0.15, 0.2) is 5.78 Å². The third kappa shape index (κ3) is 3.37. The molecular formula is C14H20O2. The predicted molar refractivity (Wildman–Crippen MR) is 66.2 cm³/mol. The second kappa shape index (κ2) is 6.31. The van der Waals surface area contributed by atoms with Gasteiger partial charge in [-0.25, -0.2) is 0 Å². The maximum atomic E-state index is 11.7. The molecule has 0 fully saturated rings. The molecule has 0 aliphatic heterocycles. The molecule has 1 aromatic rings. The van der Waals surface area contributed by atoms with Crippen LogP contribution in [-0.4, -0.2) is 12.4 Å². The van der Waals surface area contributed by atoms with Crippen molar-refractivity contribution in [2.75, 3.05) is 6.61 Å². The lowest BCUT2D eigenvalue weighted by Gasteiger charge is -2.09. The van der Waals surface area contributed by atoms with Crippen molar-refractivity contribution in [3.05, 3.63) is 29.3 Å². The van der Waals surface area contributed by atoms with Crippen LogP contribution in [0.25, 0.3) is 0 Å². The van der Waals surface area contributed by atoms with Crippen molar-refractivity contribution in [3.8, 4) is 5.75 Å². The summed E-state index contributed by atoms with van der Waals surface area (Å²) in [6.07, 6.45) is 2.51. The largest absolute Gasteiger partial charge is 0.493 e. The van der Waals surface area contributed by atoms with Gasteiger partial charge >= 0.3 is 0 Å². The summed E-state index contributed by atoms with van der Waals surface area (Å²) in [5.41, 5.74) is 1.83. The van der Waals surface area contributed by atoms with Crippen LogP contribution in [0.5, 0.6) is 5.75 Å². The molecule has 1 aromatic carbocycles. The van der Waals surface area contributed by atoms with Crippen LogP contribution < -0.4 is 4.74 Å². The summed E-state index contributed by atoms with van der Waals surface area (Å²) in [5.74, 6) is 1.10. The summed E-state index contributed by atoms with van der Waals surface area (Å²) in [5, 5.41) is 0. The van der Waals surface area contributed by atoms with Gasteiger partial charge in [0, 0.05) is 12.0 Å². The Hall–Kier alpha value is -1.31. The van der Waals surface area contributed by atoms with Gasteiger partial charge in [0.1, 0.15) is 5.75 Å². The van der Waals surface area contributed by atoms with Gasteiger partial charge in [-0.15, -0.1) is 0 Å². The van der Waals surface area contributed by atoms with Gasteiger partial charge in [-0.05, 0) is 43.5 Å². The molecule has 88 valence electrons. The van der Waals surface area contributed by atoms with E-state index in [-0.39, 0.29) is 5.78 Å². The molecule has 2 heteroatoms. The molecule has 0 aliphatic carbocycles. The lowest BCUT2D eigenvalue weighted by molar-refractivity contribution is 0.0981. The normalized spacial score (nSPS) is 10.2. The third-order valence-electron chi connectivity index (χ3n) is 2.44. The molecule has 0 aliphatic rings. The molecule has 0 bridgehead atoms. The van der Waals surface area contributed by atoms with E-state index in [4.69, 9.17) is 4.74 Å². The Morgan fingerprint density at radius 2 is 2.00 bits per heavy atom. The van der Waals surface area contributed by atoms with Crippen LogP contribution >= 0.6 is 0 Å². The van der Waals surface area contributed by atoms with Gasteiger partial charge < -0.3 is 4.74 Å². The number of ketones is 1. The number of hydrogen-bond acceptors (Lipinski definition) is 2. The van der Waals surface area contributed by atoms with Gasteiger partial charge in [0.2, 0.25) is 0 Å². The smallest absolute Gasteiger partial charge is 0.162 e. The number of hydrogen-bond donors (Lipinski definition) is 0. The average molecular weight is 220 g/mol. The molecule has 16 heavy (non-hydrogen) atoms. The predicted octanol–water partition coefficient (Wildman–Crippen LogP) is 3.77. The molecule has 0 unspecified atom stereocenters. The number of benzene rings is 1. The van der Waals surface area contributed by atoms with Crippen LogP contribution in [0, 0.1) is 6.92 Å². The Morgan fingerprint density at radius 1 is 1.25 bits per heavy atom. The fourth-order valence-electron chi connectivity index (χ4n) is 1.57. The van der Waals surface area contributed by atoms with Gasteiger partial charge in [-0.1, -0.05) is 13.8 Å². The number of aryl methyl sites for hydroxylation is 1. The van der Waals surface area contributed by atoms with Gasteiger partial charge in [-0.2, -0.15) is 0 Å². The second-order valence-electron chi connectivity index (χ2n) is 4.00. The highest BCUT2D eigenvalue weighted by atomic mass is 16.5. The van der Waals surface area contributed by atoms with Crippen molar-refractivity contribution in [2.45, 2.75) is 40.0 Å². The van der Waals surface area contributed by atoms with E-state index in [9.17, 15) is 4.79 Å². The lowest BCUT2D eigenvalue weighted by atomic mass is 10.0. The van der Waals surface area contributed by atoms with E-state index in [0.717, 1.165) is 36.3 Å². The van der Waals surface area contributed by atoms with E-state index in [1.54, 1.807) is 0 Å². The Balaban J connectivity index is 2.78. The minimum Gasteiger partial charge on any atom is -0.493 e. The van der Waals surface area contributed by atoms with E-state index in [1.807, 2.05) is 32.0 Å². The first-order valence-corrected chi connectivity index (χ1v) is 5.95. The van der Waals surface area contributed by atoms with E-state index in [2.05, 4.69) is 6.92 Å². The van der Waals surface area contributed by atoms with Crippen molar-refractivity contribution in [1.29, 1.82) is 0 Å². The first-order chi connectivity index (χ1) is 7.69. The molecule has 1 rings (SSSR count). The van der Waals surface area contributed by atoms with Gasteiger partial charge in [0.25, 0.3) is 0 Å². The topological polar surface area (TPSA) is 26.3 Å². The molecule has 0 amide bonds. The minimum absolute atomic E-state index is 0.215. The highest BCUT2D eigenvalue weighted by molar-refractivity contribution is 5.96. The van der Waals surface area contributed by atoms with Crippen LogP contribution in [0.15, 0.2) is 18.2 Å². The molecule has 0 N–H and O–H groups in total. The molecule has 0 atom stereocenters. The van der Waals surface area contributed by atoms with E-state index < -0.39 is 0 Å². The lowest BCUT2D eigenvalue weighted by Crippen LogP contribution is -2.01. The fourth-order valence-corrected chi connectivity index (χ4v) is 1.57. The maximum Gasteiger partial charge on any atom is 0.162 e. The Bertz CT molecular complexity index is 356. The highest BCUT2D eigenvalue weighted by Gasteiger charge is 2.07. The molecule has 0 radical (unpaired) electrons. The standard InChI is InChI=1S/C14H20O2/c1-4-6-13(15)12-7-8-14(11(3)10-12)16-9-5-2/h7-8,10H,4-6,9H2,1-3H3. The highest BCUT2D eigenvalue weighted by Crippen LogP contribution is 2.20. The zero-order chi connectivity index (χ0) is 12.0. The average Bonchev–Trinajstić information content (AvgIpc) is 2.27. The number of rotatable bonds is 6. The molecule has 0 saturated heterocycles. The minimum atomic E-state index is 0.215. The summed E-state index contributed by atoms with van der Waals surface area (Å²) < 4.78 is 5.57. The van der Waals surface area contributed by atoms with Crippen molar-refractivity contribution < 1.29 is 9.53 Å². The SMILES string of the molecule is CCCOc1ccc(C(=O)CCC)cc1C. The Kier molecular flexibility index (Phi) is 5.03. The zero-order valence-electron chi connectivity index (χ0n) is 10.4. The first-order valence-electron chi connectivity index (χ1n) is 5.95. The zero-order valence-corrected chi connectivity index (χ0v) is 10.4. The maximum absolute atomic E-state index is 11.7. The summed E-state index contributed by atoms with van der Waals surface area (Å²) in [6.45, 7) is 6.80. The van der Waals surface area contributed by atoms with Crippen molar-refractivity contribution >= 4 is 5.78 Å². The number of Topliss-reactive ketones (excluding diaryl/α,β-unsaturated/α-hetero) is 1. The van der Waals surface area contributed by atoms with Crippen LogP contribution in [0.3, 0.4) is 0 Å². The third-order valence-corrected chi connectivity index (χ3v) is 2.44. The quantitative estimate of drug-likeness (QED) is 0.682.